The number of ketones is 1. The first-order valence-electron chi connectivity index (χ1n) is 6.09. The third-order valence-corrected chi connectivity index (χ3v) is 3.06. The number of carbonyl (C=O) groups excluding carboxylic acids is 2. The number of amides is 1. The molecule has 1 aliphatic rings. The smallest absolute Gasteiger partial charge is 0.292 e. The van der Waals surface area contributed by atoms with E-state index in [0.29, 0.717) is 11.4 Å². The Kier molecular flexibility index (Phi) is 2.96. The molecule has 1 N–H and O–H groups in total. The number of Topliss-reactive ketones (excluding diaryl/α,β-unsaturated/α-hetero) is 1. The fourth-order valence-corrected chi connectivity index (χ4v) is 2.05. The Hall–Kier alpha value is -2.67. The maximum atomic E-state index is 12.2. The summed E-state index contributed by atoms with van der Waals surface area (Å²) in [6.45, 7) is 0.104. The van der Waals surface area contributed by atoms with Crippen molar-refractivity contribution in [2.45, 2.75) is 0 Å². The quantitative estimate of drug-likeness (QED) is 0.840. The molecular weight excluding hydrogens is 258 g/mol. The van der Waals surface area contributed by atoms with E-state index >= 15 is 0 Å². The number of rotatable bonds is 3. The minimum Gasteiger partial charge on any atom is -0.292 e. The van der Waals surface area contributed by atoms with Gasteiger partial charge in [0.2, 0.25) is 0 Å². The lowest BCUT2D eigenvalue weighted by Crippen LogP contribution is -2.58. The van der Waals surface area contributed by atoms with Gasteiger partial charge >= 0.3 is 6.03 Å². The molecule has 0 saturated carbocycles. The molecule has 20 heavy (non-hydrogen) atoms. The van der Waals surface area contributed by atoms with Crippen molar-refractivity contribution < 1.29 is 9.59 Å². The predicted octanol–water partition coefficient (Wildman–Crippen LogP) is 0.905. The minimum absolute atomic E-state index is 0.0476. The summed E-state index contributed by atoms with van der Waals surface area (Å²) >= 11 is 0. The fourth-order valence-electron chi connectivity index (χ4n) is 2.05. The Balaban J connectivity index is 1.84. The maximum absolute atomic E-state index is 12.2. The molecule has 0 aliphatic carbocycles. The summed E-state index contributed by atoms with van der Waals surface area (Å²) in [5.74, 6) is 0.492. The first kappa shape index (κ1) is 12.4. The Labute approximate surface area is 115 Å². The molecule has 0 bridgehead atoms. The van der Waals surface area contributed by atoms with Crippen LogP contribution >= 0.6 is 0 Å². The highest BCUT2D eigenvalue weighted by molar-refractivity contribution is 5.99. The number of benzene rings is 1. The highest BCUT2D eigenvalue weighted by Gasteiger charge is 2.27. The van der Waals surface area contributed by atoms with E-state index in [0.717, 1.165) is 0 Å². The zero-order valence-electron chi connectivity index (χ0n) is 10.9. The number of hydrogen-bond acceptors (Lipinski definition) is 5. The summed E-state index contributed by atoms with van der Waals surface area (Å²) in [6, 6.07) is 8.77. The summed E-state index contributed by atoms with van der Waals surface area (Å²) in [5.41, 5.74) is 3.47. The van der Waals surface area contributed by atoms with Gasteiger partial charge in [0, 0.05) is 12.6 Å². The second-order valence-corrected chi connectivity index (χ2v) is 4.44. The molecule has 0 spiro atoms. The zero-order valence-corrected chi connectivity index (χ0v) is 10.9. The number of aromatic nitrogens is 2. The van der Waals surface area contributed by atoms with Crippen molar-refractivity contribution in [2.24, 2.45) is 0 Å². The molecule has 1 aromatic carbocycles. The van der Waals surface area contributed by atoms with Crippen LogP contribution in [0, 0.1) is 0 Å². The van der Waals surface area contributed by atoms with Gasteiger partial charge in [0.25, 0.3) is 0 Å². The lowest BCUT2D eigenvalue weighted by molar-refractivity contribution is 0.0983. The van der Waals surface area contributed by atoms with E-state index in [-0.39, 0.29) is 18.4 Å². The summed E-state index contributed by atoms with van der Waals surface area (Å²) in [5, 5.41) is 2.89. The van der Waals surface area contributed by atoms with E-state index < -0.39 is 0 Å². The molecule has 0 radical (unpaired) electrons. The average Bonchev–Trinajstić information content (AvgIpc) is 2.95. The summed E-state index contributed by atoms with van der Waals surface area (Å²) in [7, 11) is 1.59. The van der Waals surface area contributed by atoms with Crippen molar-refractivity contribution >= 4 is 17.6 Å². The van der Waals surface area contributed by atoms with Crippen LogP contribution < -0.4 is 10.5 Å². The number of hydrazine groups is 2. The standard InChI is InChI=1S/C13H13N5O2/c1-16-13(20)17-9-14-7-12(17)18(15-16)8-11(19)10-5-3-2-4-6-10/h2-7,9,15H,8H2,1H3. The summed E-state index contributed by atoms with van der Waals surface area (Å²) < 4.78 is 1.38. The molecule has 1 amide bonds. The molecule has 1 aliphatic heterocycles. The Morgan fingerprint density at radius 3 is 2.80 bits per heavy atom. The number of carbonyl (C=O) groups is 2. The molecule has 102 valence electrons. The van der Waals surface area contributed by atoms with Crippen LogP contribution in [0.2, 0.25) is 0 Å². The number of nitrogens with zero attached hydrogens (tertiary/aromatic N) is 4. The normalized spacial score (nSPS) is 14.3. The van der Waals surface area contributed by atoms with Crippen molar-refractivity contribution in [1.82, 2.24) is 20.1 Å². The Morgan fingerprint density at radius 2 is 2.05 bits per heavy atom. The van der Waals surface area contributed by atoms with Gasteiger partial charge in [0.1, 0.15) is 12.9 Å². The number of imidazole rings is 1. The molecule has 7 heteroatoms. The first-order chi connectivity index (χ1) is 9.66. The zero-order chi connectivity index (χ0) is 14.1. The van der Waals surface area contributed by atoms with Crippen LogP contribution in [0.3, 0.4) is 0 Å². The van der Waals surface area contributed by atoms with Gasteiger partial charge in [0.05, 0.1) is 6.20 Å². The molecular formula is C13H13N5O2. The highest BCUT2D eigenvalue weighted by Crippen LogP contribution is 2.17. The topological polar surface area (TPSA) is 70.5 Å². The van der Waals surface area contributed by atoms with Crippen LogP contribution in [0.25, 0.3) is 0 Å². The van der Waals surface area contributed by atoms with Gasteiger partial charge in [-0.05, 0) is 0 Å². The van der Waals surface area contributed by atoms with Gasteiger partial charge in [-0.1, -0.05) is 30.3 Å². The summed E-state index contributed by atoms with van der Waals surface area (Å²) in [4.78, 5) is 28.0. The van der Waals surface area contributed by atoms with E-state index in [9.17, 15) is 9.59 Å². The lowest BCUT2D eigenvalue weighted by Gasteiger charge is -2.34. The van der Waals surface area contributed by atoms with Crippen LogP contribution in [0.15, 0.2) is 42.9 Å². The lowest BCUT2D eigenvalue weighted by atomic mass is 10.1. The van der Waals surface area contributed by atoms with Crippen LogP contribution in [0.1, 0.15) is 10.4 Å². The van der Waals surface area contributed by atoms with Crippen LogP contribution in [0.5, 0.6) is 0 Å². The third kappa shape index (κ3) is 2.04. The van der Waals surface area contributed by atoms with E-state index in [4.69, 9.17) is 0 Å². The Morgan fingerprint density at radius 1 is 1.30 bits per heavy atom. The van der Waals surface area contributed by atoms with Gasteiger partial charge < -0.3 is 0 Å². The van der Waals surface area contributed by atoms with E-state index in [1.54, 1.807) is 24.2 Å². The van der Waals surface area contributed by atoms with E-state index in [1.807, 2.05) is 18.2 Å². The molecule has 7 nitrogen and oxygen atoms in total. The predicted molar refractivity (Wildman–Crippen MR) is 72.0 cm³/mol. The molecule has 2 heterocycles. The van der Waals surface area contributed by atoms with Gasteiger partial charge in [-0.2, -0.15) is 0 Å². The van der Waals surface area contributed by atoms with E-state index in [1.165, 1.54) is 22.1 Å². The van der Waals surface area contributed by atoms with Crippen molar-refractivity contribution in [1.29, 1.82) is 0 Å². The molecule has 1 aromatic heterocycles. The second-order valence-electron chi connectivity index (χ2n) is 4.44. The number of anilines is 1. The second kappa shape index (κ2) is 4.78. The van der Waals surface area contributed by atoms with Gasteiger partial charge in [-0.15, -0.1) is 5.53 Å². The molecule has 0 unspecified atom stereocenters. The fraction of sp³-hybridized carbons (Fsp3) is 0.154. The maximum Gasteiger partial charge on any atom is 0.346 e. The van der Waals surface area contributed by atoms with Gasteiger partial charge in [0.15, 0.2) is 11.6 Å². The molecule has 0 fully saturated rings. The summed E-state index contributed by atoms with van der Waals surface area (Å²) in [6.07, 6.45) is 2.96. The van der Waals surface area contributed by atoms with Crippen LogP contribution in [0.4, 0.5) is 10.6 Å². The van der Waals surface area contributed by atoms with Crippen molar-refractivity contribution in [3.8, 4) is 0 Å². The third-order valence-electron chi connectivity index (χ3n) is 3.06. The SMILES string of the molecule is CN1NN(CC(=O)c2ccccc2)c2cncn2C1=O. The molecule has 3 rings (SSSR count). The van der Waals surface area contributed by atoms with Crippen molar-refractivity contribution in [3.05, 3.63) is 48.4 Å². The first-order valence-corrected chi connectivity index (χ1v) is 6.09. The van der Waals surface area contributed by atoms with Crippen LogP contribution in [-0.4, -0.2) is 40.0 Å². The van der Waals surface area contributed by atoms with Crippen LogP contribution in [-0.2, 0) is 0 Å². The van der Waals surface area contributed by atoms with Crippen molar-refractivity contribution in [3.63, 3.8) is 0 Å². The number of fused-ring (bicyclic) bond motifs is 1. The highest BCUT2D eigenvalue weighted by atomic mass is 16.2. The number of nitrogens with one attached hydrogen (secondary N) is 1. The number of hydrogen-bond donors (Lipinski definition) is 1. The monoisotopic (exact) mass is 271 g/mol. The van der Waals surface area contributed by atoms with Gasteiger partial charge in [-0.3, -0.25) is 9.80 Å². The van der Waals surface area contributed by atoms with Gasteiger partial charge in [-0.25, -0.2) is 19.4 Å². The minimum atomic E-state index is -0.249. The average molecular weight is 271 g/mol. The van der Waals surface area contributed by atoms with Crippen molar-refractivity contribution in [2.75, 3.05) is 18.6 Å². The van der Waals surface area contributed by atoms with E-state index in [2.05, 4.69) is 10.5 Å². The Bertz CT molecular complexity index is 652. The molecule has 0 saturated heterocycles. The largest absolute Gasteiger partial charge is 0.346 e. The molecule has 0 atom stereocenters. The molecule has 2 aromatic rings.